The highest BCUT2D eigenvalue weighted by Gasteiger charge is 1.97. The smallest absolute Gasteiger partial charge is 0.0315 e. The molecule has 0 saturated heterocycles. The van der Waals surface area contributed by atoms with Crippen LogP contribution >= 0.6 is 0 Å². The van der Waals surface area contributed by atoms with Gasteiger partial charge in [0.2, 0.25) is 0 Å². The van der Waals surface area contributed by atoms with Gasteiger partial charge in [-0.3, -0.25) is 4.98 Å². The SMILES string of the molecule is Cc1ccncc1CNCCCCc1ccccc1. The Balaban J connectivity index is 1.59. The van der Waals surface area contributed by atoms with E-state index in [1.54, 1.807) is 0 Å². The van der Waals surface area contributed by atoms with Crippen molar-refractivity contribution < 1.29 is 0 Å². The number of rotatable bonds is 7. The Morgan fingerprint density at radius 3 is 2.68 bits per heavy atom. The third-order valence-electron chi connectivity index (χ3n) is 3.37. The molecule has 0 radical (unpaired) electrons. The van der Waals surface area contributed by atoms with Gasteiger partial charge in [0.1, 0.15) is 0 Å². The van der Waals surface area contributed by atoms with E-state index in [0.29, 0.717) is 0 Å². The van der Waals surface area contributed by atoms with E-state index in [0.717, 1.165) is 13.1 Å². The standard InChI is InChI=1S/C17H22N2/c1-15-10-12-19-14-17(15)13-18-11-6-5-9-16-7-3-2-4-8-16/h2-4,7-8,10,12,14,18H,5-6,9,11,13H2,1H3. The molecular formula is C17H22N2. The van der Waals surface area contributed by atoms with Crippen molar-refractivity contribution in [1.82, 2.24) is 10.3 Å². The number of pyridine rings is 1. The largest absolute Gasteiger partial charge is 0.313 e. The van der Waals surface area contributed by atoms with Gasteiger partial charge in [0.05, 0.1) is 0 Å². The quantitative estimate of drug-likeness (QED) is 0.765. The molecule has 0 saturated carbocycles. The van der Waals surface area contributed by atoms with Crippen molar-refractivity contribution in [3.63, 3.8) is 0 Å². The van der Waals surface area contributed by atoms with E-state index < -0.39 is 0 Å². The van der Waals surface area contributed by atoms with Crippen LogP contribution in [0.3, 0.4) is 0 Å². The van der Waals surface area contributed by atoms with Crippen LogP contribution in [0, 0.1) is 6.92 Å². The van der Waals surface area contributed by atoms with Gasteiger partial charge in [0, 0.05) is 18.9 Å². The summed E-state index contributed by atoms with van der Waals surface area (Å²) in [5.41, 5.74) is 4.04. The number of hydrogen-bond donors (Lipinski definition) is 1. The Hall–Kier alpha value is -1.67. The normalized spacial score (nSPS) is 10.6. The number of aryl methyl sites for hydroxylation is 2. The maximum Gasteiger partial charge on any atom is 0.0315 e. The van der Waals surface area contributed by atoms with E-state index in [-0.39, 0.29) is 0 Å². The molecule has 2 aromatic rings. The van der Waals surface area contributed by atoms with Gasteiger partial charge in [0.15, 0.2) is 0 Å². The fourth-order valence-corrected chi connectivity index (χ4v) is 2.13. The Morgan fingerprint density at radius 2 is 1.89 bits per heavy atom. The summed E-state index contributed by atoms with van der Waals surface area (Å²) in [6.45, 7) is 4.13. The first-order valence-corrected chi connectivity index (χ1v) is 7.00. The highest BCUT2D eigenvalue weighted by molar-refractivity contribution is 5.21. The van der Waals surface area contributed by atoms with Crippen molar-refractivity contribution in [3.05, 3.63) is 65.5 Å². The Kier molecular flexibility index (Phi) is 5.57. The first-order chi connectivity index (χ1) is 9.36. The lowest BCUT2D eigenvalue weighted by Crippen LogP contribution is -2.15. The molecule has 0 aliphatic heterocycles. The fourth-order valence-electron chi connectivity index (χ4n) is 2.13. The van der Waals surface area contributed by atoms with Crippen molar-refractivity contribution in [3.8, 4) is 0 Å². The van der Waals surface area contributed by atoms with Gasteiger partial charge in [0.25, 0.3) is 0 Å². The summed E-state index contributed by atoms with van der Waals surface area (Å²) in [7, 11) is 0. The molecule has 100 valence electrons. The molecule has 0 spiro atoms. The molecule has 1 aromatic carbocycles. The Morgan fingerprint density at radius 1 is 1.05 bits per heavy atom. The van der Waals surface area contributed by atoms with E-state index >= 15 is 0 Å². The van der Waals surface area contributed by atoms with Crippen molar-refractivity contribution >= 4 is 0 Å². The van der Waals surface area contributed by atoms with Gasteiger partial charge in [-0.2, -0.15) is 0 Å². The van der Waals surface area contributed by atoms with Crippen LogP contribution in [0.25, 0.3) is 0 Å². The van der Waals surface area contributed by atoms with E-state index in [1.807, 2.05) is 12.4 Å². The minimum atomic E-state index is 0.922. The minimum Gasteiger partial charge on any atom is -0.313 e. The van der Waals surface area contributed by atoms with Crippen LogP contribution in [0.1, 0.15) is 29.5 Å². The fraction of sp³-hybridized carbons (Fsp3) is 0.353. The van der Waals surface area contributed by atoms with Gasteiger partial charge >= 0.3 is 0 Å². The molecule has 0 atom stereocenters. The van der Waals surface area contributed by atoms with Crippen molar-refractivity contribution in [2.75, 3.05) is 6.54 Å². The molecule has 1 N–H and O–H groups in total. The maximum absolute atomic E-state index is 4.16. The second-order valence-corrected chi connectivity index (χ2v) is 4.92. The molecule has 0 aliphatic rings. The lowest BCUT2D eigenvalue weighted by molar-refractivity contribution is 0.621. The van der Waals surface area contributed by atoms with Crippen LogP contribution in [0.5, 0.6) is 0 Å². The number of unbranched alkanes of at least 4 members (excludes halogenated alkanes) is 1. The Bertz CT molecular complexity index is 480. The summed E-state index contributed by atoms with van der Waals surface area (Å²) in [6.07, 6.45) is 7.43. The molecule has 19 heavy (non-hydrogen) atoms. The minimum absolute atomic E-state index is 0.922. The molecule has 0 unspecified atom stereocenters. The molecule has 1 aromatic heterocycles. The van der Waals surface area contributed by atoms with Crippen LogP contribution in [-0.2, 0) is 13.0 Å². The molecule has 0 aliphatic carbocycles. The van der Waals surface area contributed by atoms with Gasteiger partial charge in [-0.1, -0.05) is 30.3 Å². The summed E-state index contributed by atoms with van der Waals surface area (Å²) in [6, 6.07) is 12.8. The zero-order valence-corrected chi connectivity index (χ0v) is 11.6. The summed E-state index contributed by atoms with van der Waals surface area (Å²) in [5, 5.41) is 3.49. The average Bonchev–Trinajstić information content (AvgIpc) is 2.45. The average molecular weight is 254 g/mol. The van der Waals surface area contributed by atoms with E-state index in [9.17, 15) is 0 Å². The number of nitrogens with one attached hydrogen (secondary N) is 1. The number of hydrogen-bond acceptors (Lipinski definition) is 2. The first kappa shape index (κ1) is 13.8. The number of nitrogens with zero attached hydrogens (tertiary/aromatic N) is 1. The topological polar surface area (TPSA) is 24.9 Å². The predicted octanol–water partition coefficient (Wildman–Crippen LogP) is 3.50. The third-order valence-corrected chi connectivity index (χ3v) is 3.37. The zero-order valence-electron chi connectivity index (χ0n) is 11.6. The summed E-state index contributed by atoms with van der Waals surface area (Å²) in [5.74, 6) is 0. The second-order valence-electron chi connectivity index (χ2n) is 4.92. The van der Waals surface area contributed by atoms with Crippen molar-refractivity contribution in [1.29, 1.82) is 0 Å². The molecule has 0 amide bonds. The summed E-state index contributed by atoms with van der Waals surface area (Å²) < 4.78 is 0. The van der Waals surface area contributed by atoms with Crippen LogP contribution in [-0.4, -0.2) is 11.5 Å². The molecular weight excluding hydrogens is 232 g/mol. The number of aromatic nitrogens is 1. The first-order valence-electron chi connectivity index (χ1n) is 7.00. The molecule has 2 heteroatoms. The lowest BCUT2D eigenvalue weighted by Gasteiger charge is -2.07. The summed E-state index contributed by atoms with van der Waals surface area (Å²) in [4.78, 5) is 4.16. The maximum atomic E-state index is 4.16. The van der Waals surface area contributed by atoms with E-state index in [4.69, 9.17) is 0 Å². The van der Waals surface area contributed by atoms with E-state index in [1.165, 1.54) is 36.0 Å². The van der Waals surface area contributed by atoms with Gasteiger partial charge in [-0.15, -0.1) is 0 Å². The van der Waals surface area contributed by atoms with Crippen LogP contribution in [0.2, 0.25) is 0 Å². The zero-order chi connectivity index (χ0) is 13.3. The van der Waals surface area contributed by atoms with Gasteiger partial charge < -0.3 is 5.32 Å². The molecule has 1 heterocycles. The predicted molar refractivity (Wildman–Crippen MR) is 80.1 cm³/mol. The second kappa shape index (κ2) is 7.70. The van der Waals surface area contributed by atoms with Crippen LogP contribution in [0.4, 0.5) is 0 Å². The lowest BCUT2D eigenvalue weighted by atomic mass is 10.1. The Labute approximate surface area is 115 Å². The highest BCUT2D eigenvalue weighted by atomic mass is 14.8. The van der Waals surface area contributed by atoms with Crippen molar-refractivity contribution in [2.45, 2.75) is 32.7 Å². The van der Waals surface area contributed by atoms with Crippen LogP contribution in [0.15, 0.2) is 48.8 Å². The molecule has 0 fully saturated rings. The van der Waals surface area contributed by atoms with Crippen LogP contribution < -0.4 is 5.32 Å². The molecule has 0 bridgehead atoms. The highest BCUT2D eigenvalue weighted by Crippen LogP contribution is 2.05. The third kappa shape index (κ3) is 4.84. The molecule has 2 nitrogen and oxygen atoms in total. The summed E-state index contributed by atoms with van der Waals surface area (Å²) >= 11 is 0. The monoisotopic (exact) mass is 254 g/mol. The van der Waals surface area contributed by atoms with E-state index in [2.05, 4.69) is 53.6 Å². The molecule has 2 rings (SSSR count). The number of benzene rings is 1. The van der Waals surface area contributed by atoms with Gasteiger partial charge in [-0.05, 0) is 55.5 Å². The van der Waals surface area contributed by atoms with Gasteiger partial charge in [-0.25, -0.2) is 0 Å². The van der Waals surface area contributed by atoms with Crippen molar-refractivity contribution in [2.24, 2.45) is 0 Å².